The number of ether oxygens (including phenoxy) is 1. The molecule has 0 bridgehead atoms. The highest BCUT2D eigenvalue weighted by atomic mass is 16.5. The van der Waals surface area contributed by atoms with Gasteiger partial charge in [-0.3, -0.25) is 0 Å². The van der Waals surface area contributed by atoms with Crippen LogP contribution >= 0.6 is 0 Å². The van der Waals surface area contributed by atoms with E-state index >= 15 is 0 Å². The Morgan fingerprint density at radius 3 is 3.00 bits per heavy atom. The molecular formula is C13H22N4O2. The van der Waals surface area contributed by atoms with Crippen LogP contribution in [-0.4, -0.2) is 53.5 Å². The summed E-state index contributed by atoms with van der Waals surface area (Å²) in [6.07, 6.45) is 1.43. The Labute approximate surface area is 113 Å². The van der Waals surface area contributed by atoms with Crippen LogP contribution in [0.2, 0.25) is 0 Å². The lowest BCUT2D eigenvalue weighted by Crippen LogP contribution is -2.50. The van der Waals surface area contributed by atoms with Gasteiger partial charge >= 0.3 is 0 Å². The highest BCUT2D eigenvalue weighted by molar-refractivity contribution is 5.58. The maximum Gasteiger partial charge on any atom is 0.137 e. The molecule has 6 nitrogen and oxygen atoms in total. The van der Waals surface area contributed by atoms with E-state index in [1.807, 2.05) is 13.8 Å². The Kier molecular flexibility index (Phi) is 4.55. The topological polar surface area (TPSA) is 70.5 Å². The second kappa shape index (κ2) is 6.16. The summed E-state index contributed by atoms with van der Waals surface area (Å²) in [6, 6.07) is 0.242. The first-order valence-corrected chi connectivity index (χ1v) is 6.72. The first kappa shape index (κ1) is 14.0. The van der Waals surface area contributed by atoms with Crippen molar-refractivity contribution in [2.24, 2.45) is 0 Å². The molecule has 106 valence electrons. The Morgan fingerprint density at radius 1 is 1.53 bits per heavy atom. The number of hydrogen-bond acceptors (Lipinski definition) is 6. The van der Waals surface area contributed by atoms with Gasteiger partial charge in [-0.05, 0) is 20.8 Å². The molecule has 6 heteroatoms. The SMILES string of the molecule is CCNc1ncnc(N2CC(CO)OCC2C)c1C. The summed E-state index contributed by atoms with van der Waals surface area (Å²) in [4.78, 5) is 10.8. The minimum atomic E-state index is -0.145. The van der Waals surface area contributed by atoms with Gasteiger partial charge in [0.25, 0.3) is 0 Å². The largest absolute Gasteiger partial charge is 0.394 e. The number of nitrogens with zero attached hydrogens (tertiary/aromatic N) is 3. The number of aliphatic hydroxyl groups is 1. The van der Waals surface area contributed by atoms with Gasteiger partial charge in [0.1, 0.15) is 18.0 Å². The second-order valence-electron chi connectivity index (χ2n) is 4.84. The third-order valence-electron chi connectivity index (χ3n) is 3.38. The van der Waals surface area contributed by atoms with Gasteiger partial charge in [-0.2, -0.15) is 0 Å². The van der Waals surface area contributed by atoms with E-state index in [0.29, 0.717) is 13.2 Å². The molecule has 2 atom stereocenters. The normalized spacial score (nSPS) is 23.5. The molecule has 2 N–H and O–H groups in total. The summed E-state index contributed by atoms with van der Waals surface area (Å²) in [5, 5.41) is 12.5. The Bertz CT molecular complexity index is 427. The maximum atomic E-state index is 9.25. The van der Waals surface area contributed by atoms with Crippen molar-refractivity contribution < 1.29 is 9.84 Å². The minimum Gasteiger partial charge on any atom is -0.394 e. The van der Waals surface area contributed by atoms with E-state index in [0.717, 1.165) is 23.7 Å². The van der Waals surface area contributed by atoms with E-state index in [1.54, 1.807) is 6.33 Å². The van der Waals surface area contributed by atoms with Crippen molar-refractivity contribution in [1.82, 2.24) is 9.97 Å². The molecule has 0 spiro atoms. The van der Waals surface area contributed by atoms with Crippen molar-refractivity contribution in [3.63, 3.8) is 0 Å². The molecule has 1 aliphatic rings. The quantitative estimate of drug-likeness (QED) is 0.840. The molecule has 1 aliphatic heterocycles. The van der Waals surface area contributed by atoms with Crippen molar-refractivity contribution in [3.8, 4) is 0 Å². The molecule has 2 rings (SSSR count). The molecule has 0 aliphatic carbocycles. The molecule has 1 saturated heterocycles. The molecule has 1 fully saturated rings. The fraction of sp³-hybridized carbons (Fsp3) is 0.692. The zero-order valence-electron chi connectivity index (χ0n) is 11.8. The van der Waals surface area contributed by atoms with Crippen LogP contribution in [0.3, 0.4) is 0 Å². The van der Waals surface area contributed by atoms with Crippen molar-refractivity contribution >= 4 is 11.6 Å². The van der Waals surface area contributed by atoms with E-state index < -0.39 is 0 Å². The van der Waals surface area contributed by atoms with Crippen LogP contribution in [0.1, 0.15) is 19.4 Å². The summed E-state index contributed by atoms with van der Waals surface area (Å²) in [7, 11) is 0. The van der Waals surface area contributed by atoms with Gasteiger partial charge in [0.15, 0.2) is 0 Å². The summed E-state index contributed by atoms with van der Waals surface area (Å²) in [5.41, 5.74) is 1.04. The van der Waals surface area contributed by atoms with Crippen molar-refractivity contribution in [2.75, 3.05) is 36.5 Å². The van der Waals surface area contributed by atoms with Gasteiger partial charge in [0.05, 0.1) is 25.4 Å². The highest BCUT2D eigenvalue weighted by Crippen LogP contribution is 2.26. The van der Waals surface area contributed by atoms with E-state index in [-0.39, 0.29) is 18.8 Å². The van der Waals surface area contributed by atoms with Crippen molar-refractivity contribution in [3.05, 3.63) is 11.9 Å². The molecule has 0 saturated carbocycles. The lowest BCUT2D eigenvalue weighted by molar-refractivity contribution is -0.0106. The summed E-state index contributed by atoms with van der Waals surface area (Å²) < 4.78 is 5.56. The molecule has 0 radical (unpaired) electrons. The van der Waals surface area contributed by atoms with Crippen LogP contribution in [-0.2, 0) is 4.74 Å². The molecule has 0 amide bonds. The summed E-state index contributed by atoms with van der Waals surface area (Å²) >= 11 is 0. The third kappa shape index (κ3) is 2.96. The zero-order valence-corrected chi connectivity index (χ0v) is 11.8. The fourth-order valence-corrected chi connectivity index (χ4v) is 2.30. The first-order chi connectivity index (χ1) is 9.17. The first-order valence-electron chi connectivity index (χ1n) is 6.72. The maximum absolute atomic E-state index is 9.25. The molecule has 0 aromatic carbocycles. The average Bonchev–Trinajstić information content (AvgIpc) is 2.42. The number of aromatic nitrogens is 2. The summed E-state index contributed by atoms with van der Waals surface area (Å²) in [5.74, 6) is 1.78. The third-order valence-corrected chi connectivity index (χ3v) is 3.38. The molecule has 1 aromatic heterocycles. The zero-order chi connectivity index (χ0) is 13.8. The lowest BCUT2D eigenvalue weighted by Gasteiger charge is -2.39. The number of anilines is 2. The van der Waals surface area contributed by atoms with Crippen LogP contribution in [0.25, 0.3) is 0 Å². The van der Waals surface area contributed by atoms with E-state index in [4.69, 9.17) is 4.74 Å². The Balaban J connectivity index is 2.26. The predicted octanol–water partition coefficient (Wildman–Crippen LogP) is 0.803. The predicted molar refractivity (Wildman–Crippen MR) is 74.6 cm³/mol. The van der Waals surface area contributed by atoms with E-state index in [2.05, 4.69) is 27.1 Å². The smallest absolute Gasteiger partial charge is 0.137 e. The molecule has 2 heterocycles. The van der Waals surface area contributed by atoms with Crippen molar-refractivity contribution in [1.29, 1.82) is 0 Å². The fourth-order valence-electron chi connectivity index (χ4n) is 2.30. The van der Waals surface area contributed by atoms with Gasteiger partial charge in [0.2, 0.25) is 0 Å². The van der Waals surface area contributed by atoms with Gasteiger partial charge in [0, 0.05) is 18.7 Å². The average molecular weight is 266 g/mol. The highest BCUT2D eigenvalue weighted by Gasteiger charge is 2.28. The van der Waals surface area contributed by atoms with E-state index in [9.17, 15) is 5.11 Å². The van der Waals surface area contributed by atoms with Gasteiger partial charge < -0.3 is 20.1 Å². The molecule has 19 heavy (non-hydrogen) atoms. The van der Waals surface area contributed by atoms with Crippen LogP contribution in [0.15, 0.2) is 6.33 Å². The molecule has 2 unspecified atom stereocenters. The van der Waals surface area contributed by atoms with Gasteiger partial charge in [-0.15, -0.1) is 0 Å². The van der Waals surface area contributed by atoms with Gasteiger partial charge in [-0.25, -0.2) is 9.97 Å². The van der Waals surface area contributed by atoms with Crippen LogP contribution in [0.5, 0.6) is 0 Å². The molecular weight excluding hydrogens is 244 g/mol. The van der Waals surface area contributed by atoms with Gasteiger partial charge in [-0.1, -0.05) is 0 Å². The number of nitrogens with one attached hydrogen (secondary N) is 1. The van der Waals surface area contributed by atoms with Crippen molar-refractivity contribution in [2.45, 2.75) is 32.9 Å². The minimum absolute atomic E-state index is 0.0351. The second-order valence-corrected chi connectivity index (χ2v) is 4.84. The van der Waals surface area contributed by atoms with Crippen LogP contribution in [0.4, 0.5) is 11.6 Å². The molecule has 1 aromatic rings. The number of morpholine rings is 1. The number of aliphatic hydroxyl groups excluding tert-OH is 1. The monoisotopic (exact) mass is 266 g/mol. The Morgan fingerprint density at radius 2 is 2.32 bits per heavy atom. The standard InChI is InChI=1S/C13H22N4O2/c1-4-14-12-10(3)13(16-8-15-12)17-5-11(6-18)19-7-9(17)2/h8-9,11,18H,4-7H2,1-3H3,(H,14,15,16). The Hall–Kier alpha value is -1.40. The van der Waals surface area contributed by atoms with Crippen LogP contribution in [0, 0.1) is 6.92 Å². The summed E-state index contributed by atoms with van der Waals surface area (Å²) in [6.45, 7) is 8.28. The van der Waals surface area contributed by atoms with Crippen LogP contribution < -0.4 is 10.2 Å². The van der Waals surface area contributed by atoms with E-state index in [1.165, 1.54) is 0 Å². The number of hydrogen-bond donors (Lipinski definition) is 2. The number of rotatable bonds is 4. The lowest BCUT2D eigenvalue weighted by atomic mass is 10.1.